The number of carbonyl (C=O) groups is 3. The van der Waals surface area contributed by atoms with E-state index in [0.717, 1.165) is 40.7 Å². The molecule has 0 aromatic heterocycles. The maximum absolute atomic E-state index is 12.9. The maximum atomic E-state index is 12.9. The van der Waals surface area contributed by atoms with E-state index in [-0.39, 0.29) is 4.91 Å². The molecule has 1 saturated heterocycles. The number of benzene rings is 3. The Hall–Kier alpha value is -1.61. The topological polar surface area (TPSA) is 75.7 Å². The van der Waals surface area contributed by atoms with Gasteiger partial charge >= 0.3 is 0 Å². The smallest absolute Gasteiger partial charge is 0.294 e. The summed E-state index contributed by atoms with van der Waals surface area (Å²) in [4.78, 5) is 39.0. The number of anilines is 1. The van der Waals surface area contributed by atoms with Crippen LogP contribution in [-0.4, -0.2) is 28.5 Å². The first-order valence-electron chi connectivity index (χ1n) is 10.4. The predicted octanol–water partition coefficient (Wildman–Crippen LogP) is 7.57. The van der Waals surface area contributed by atoms with Crippen molar-refractivity contribution in [1.29, 1.82) is 0 Å². The van der Waals surface area contributed by atoms with Gasteiger partial charge in [0.15, 0.2) is 0 Å². The lowest BCUT2D eigenvalue weighted by atomic mass is 10.2. The Balaban J connectivity index is 1.43. The molecule has 3 amide bonds. The number of imide groups is 1. The van der Waals surface area contributed by atoms with Crippen molar-refractivity contribution in [1.82, 2.24) is 4.90 Å². The average Bonchev–Trinajstić information content (AvgIpc) is 3.09. The van der Waals surface area contributed by atoms with Gasteiger partial charge in [-0.3, -0.25) is 19.3 Å². The highest BCUT2D eigenvalue weighted by Crippen LogP contribution is 2.35. The van der Waals surface area contributed by atoms with E-state index in [1.807, 2.05) is 42.5 Å². The van der Waals surface area contributed by atoms with Crippen molar-refractivity contribution in [3.63, 3.8) is 0 Å². The lowest BCUT2D eigenvalue weighted by molar-refractivity contribution is -0.127. The lowest BCUT2D eigenvalue weighted by Crippen LogP contribution is -2.36. The molecule has 1 heterocycles. The maximum Gasteiger partial charge on any atom is 0.294 e. The van der Waals surface area contributed by atoms with Crippen molar-refractivity contribution in [3.8, 4) is 5.75 Å². The molecule has 1 N–H and O–H groups in total. The average molecular weight is 810 g/mol. The third kappa shape index (κ3) is 6.82. The second kappa shape index (κ2) is 12.3. The van der Waals surface area contributed by atoms with Crippen LogP contribution in [0.15, 0.2) is 70.0 Å². The van der Waals surface area contributed by atoms with Gasteiger partial charge in [0.05, 0.1) is 17.1 Å². The first-order valence-corrected chi connectivity index (χ1v) is 14.5. The largest absolute Gasteiger partial charge is 0.487 e. The van der Waals surface area contributed by atoms with Gasteiger partial charge in [0.1, 0.15) is 18.9 Å². The molecule has 11 heteroatoms. The number of rotatable bonds is 7. The van der Waals surface area contributed by atoms with Gasteiger partial charge in [-0.05, 0) is 120 Å². The summed E-state index contributed by atoms with van der Waals surface area (Å²) in [5.74, 6) is -0.251. The summed E-state index contributed by atoms with van der Waals surface area (Å²) in [5, 5.41) is 2.59. The standard InChI is InChI=1S/C25H16BrClI2N2O4S/c26-17-7-6-16(11-18(17)27)30-22(32)12-31-24(33)21(36-25(31)34)10-15-8-19(28)23(20(29)9-15)35-13-14-4-2-1-3-5-14/h1-11H,12-13H2,(H,30,32)/b21-10+. The lowest BCUT2D eigenvalue weighted by Gasteiger charge is -2.13. The molecule has 36 heavy (non-hydrogen) atoms. The minimum atomic E-state index is -0.511. The second-order valence-electron chi connectivity index (χ2n) is 7.53. The van der Waals surface area contributed by atoms with E-state index in [2.05, 4.69) is 66.4 Å². The second-order valence-corrected chi connectivity index (χ2v) is 12.1. The van der Waals surface area contributed by atoms with Gasteiger partial charge in [-0.2, -0.15) is 0 Å². The molecule has 0 unspecified atom stereocenters. The summed E-state index contributed by atoms with van der Waals surface area (Å²) in [7, 11) is 0. The number of nitrogens with one attached hydrogen (secondary N) is 1. The predicted molar refractivity (Wildman–Crippen MR) is 163 cm³/mol. The Kier molecular flexibility index (Phi) is 9.36. The molecule has 1 aliphatic heterocycles. The van der Waals surface area contributed by atoms with Crippen LogP contribution in [0, 0.1) is 7.14 Å². The number of nitrogens with zero attached hydrogens (tertiary/aromatic N) is 1. The summed E-state index contributed by atoms with van der Waals surface area (Å²) < 4.78 is 8.47. The molecule has 184 valence electrons. The first-order chi connectivity index (χ1) is 17.2. The number of carbonyl (C=O) groups excluding carboxylic acids is 3. The highest BCUT2D eigenvalue weighted by Gasteiger charge is 2.36. The van der Waals surface area contributed by atoms with Crippen molar-refractivity contribution < 1.29 is 19.1 Å². The Labute approximate surface area is 252 Å². The van der Waals surface area contributed by atoms with Crippen LogP contribution in [0.2, 0.25) is 5.02 Å². The number of halogens is 4. The van der Waals surface area contributed by atoms with Gasteiger partial charge in [0, 0.05) is 10.2 Å². The highest BCUT2D eigenvalue weighted by molar-refractivity contribution is 14.1. The van der Waals surface area contributed by atoms with Gasteiger partial charge in [0.2, 0.25) is 5.91 Å². The first kappa shape index (κ1) is 27.4. The summed E-state index contributed by atoms with van der Waals surface area (Å²) in [6, 6.07) is 18.6. The molecule has 0 saturated carbocycles. The number of hydrogen-bond donors (Lipinski definition) is 1. The molecular weight excluding hydrogens is 794 g/mol. The fraction of sp³-hybridized carbons (Fsp3) is 0.0800. The van der Waals surface area contributed by atoms with Gasteiger partial charge in [-0.15, -0.1) is 0 Å². The number of hydrogen-bond acceptors (Lipinski definition) is 5. The molecule has 0 bridgehead atoms. The summed E-state index contributed by atoms with van der Waals surface area (Å²) in [6.45, 7) is 0.0522. The van der Waals surface area contributed by atoms with Gasteiger partial charge < -0.3 is 10.1 Å². The van der Waals surface area contributed by atoms with Crippen LogP contribution in [0.4, 0.5) is 10.5 Å². The monoisotopic (exact) mass is 808 g/mol. The minimum absolute atomic E-state index is 0.254. The van der Waals surface area contributed by atoms with Crippen molar-refractivity contribution >= 4 is 113 Å². The van der Waals surface area contributed by atoms with E-state index in [0.29, 0.717) is 21.8 Å². The Morgan fingerprint density at radius 3 is 2.44 bits per heavy atom. The van der Waals surface area contributed by atoms with Crippen LogP contribution in [0.5, 0.6) is 5.75 Å². The van der Waals surface area contributed by atoms with E-state index in [4.69, 9.17) is 16.3 Å². The molecule has 6 nitrogen and oxygen atoms in total. The van der Waals surface area contributed by atoms with Crippen LogP contribution in [0.1, 0.15) is 11.1 Å². The van der Waals surface area contributed by atoms with Gasteiger partial charge in [-0.25, -0.2) is 0 Å². The zero-order chi connectivity index (χ0) is 25.8. The fourth-order valence-corrected chi connectivity index (χ4v) is 6.63. The van der Waals surface area contributed by atoms with E-state index in [1.165, 1.54) is 0 Å². The van der Waals surface area contributed by atoms with Gasteiger partial charge in [0.25, 0.3) is 11.1 Å². The van der Waals surface area contributed by atoms with Gasteiger partial charge in [-0.1, -0.05) is 41.9 Å². The summed E-state index contributed by atoms with van der Waals surface area (Å²) in [5.41, 5.74) is 2.29. The van der Waals surface area contributed by atoms with E-state index in [9.17, 15) is 14.4 Å². The highest BCUT2D eigenvalue weighted by atomic mass is 127. The minimum Gasteiger partial charge on any atom is -0.487 e. The summed E-state index contributed by atoms with van der Waals surface area (Å²) >= 11 is 14.5. The summed E-state index contributed by atoms with van der Waals surface area (Å²) in [6.07, 6.45) is 1.66. The Bertz CT molecular complexity index is 1360. The zero-order valence-corrected chi connectivity index (χ0v) is 25.7. The molecule has 0 atom stereocenters. The number of amides is 3. The van der Waals surface area contributed by atoms with Crippen molar-refractivity contribution in [3.05, 3.63) is 93.3 Å². The molecule has 1 aliphatic rings. The Morgan fingerprint density at radius 2 is 1.78 bits per heavy atom. The third-order valence-electron chi connectivity index (χ3n) is 4.92. The molecular formula is C25H16BrClI2N2O4S. The van der Waals surface area contributed by atoms with Crippen LogP contribution < -0.4 is 10.1 Å². The molecule has 4 rings (SSSR count). The van der Waals surface area contributed by atoms with Crippen molar-refractivity contribution in [2.75, 3.05) is 11.9 Å². The molecule has 3 aromatic rings. The molecule has 0 radical (unpaired) electrons. The number of ether oxygens (including phenoxy) is 1. The van der Waals surface area contributed by atoms with Crippen LogP contribution >= 0.6 is 84.5 Å². The van der Waals surface area contributed by atoms with E-state index < -0.39 is 23.6 Å². The SMILES string of the molecule is O=C(CN1C(=O)S/C(=C/c2cc(I)c(OCc3ccccc3)c(I)c2)C1=O)Nc1ccc(Br)c(Cl)c1. The van der Waals surface area contributed by atoms with Crippen LogP contribution in [0.25, 0.3) is 6.08 Å². The quantitative estimate of drug-likeness (QED) is 0.197. The van der Waals surface area contributed by atoms with Crippen molar-refractivity contribution in [2.24, 2.45) is 0 Å². The molecule has 1 fully saturated rings. The number of thioether (sulfide) groups is 1. The fourth-order valence-electron chi connectivity index (χ4n) is 3.24. The molecule has 3 aromatic carbocycles. The Morgan fingerprint density at radius 1 is 1.08 bits per heavy atom. The van der Waals surface area contributed by atoms with Crippen molar-refractivity contribution in [2.45, 2.75) is 6.61 Å². The molecule has 0 spiro atoms. The normalized spacial score (nSPS) is 14.4. The van der Waals surface area contributed by atoms with E-state index >= 15 is 0 Å². The molecule has 0 aliphatic carbocycles. The third-order valence-corrected chi connectivity index (χ3v) is 8.67. The van der Waals surface area contributed by atoms with Crippen LogP contribution in [0.3, 0.4) is 0 Å². The zero-order valence-electron chi connectivity index (χ0n) is 18.3. The van der Waals surface area contributed by atoms with Crippen LogP contribution in [-0.2, 0) is 16.2 Å². The van der Waals surface area contributed by atoms with E-state index in [1.54, 1.807) is 24.3 Å².